The molecule has 1 aromatic heterocycles. The number of alkyl halides is 3. The topological polar surface area (TPSA) is 74.6 Å². The van der Waals surface area contributed by atoms with E-state index in [0.29, 0.717) is 24.4 Å². The summed E-state index contributed by atoms with van der Waals surface area (Å²) in [5.74, 6) is 0.681. The number of amides is 2. The normalized spacial score (nSPS) is 17.8. The molecule has 0 unspecified atom stereocenters. The third-order valence-corrected chi connectivity index (χ3v) is 4.72. The van der Waals surface area contributed by atoms with Crippen LogP contribution in [0.15, 0.2) is 40.8 Å². The number of hydrogen-bond donors (Lipinski definition) is 2. The molecule has 1 fully saturated rings. The molecule has 1 aromatic carbocycles. The number of rotatable bonds is 6. The summed E-state index contributed by atoms with van der Waals surface area (Å²) in [5, 5.41) is 5.41. The van der Waals surface area contributed by atoms with Crippen LogP contribution in [0.25, 0.3) is 0 Å². The van der Waals surface area contributed by atoms with E-state index in [1.165, 1.54) is 6.07 Å². The first-order valence-corrected chi connectivity index (χ1v) is 9.22. The van der Waals surface area contributed by atoms with Crippen LogP contribution in [0.2, 0.25) is 0 Å². The van der Waals surface area contributed by atoms with Gasteiger partial charge in [0, 0.05) is 19.6 Å². The second kappa shape index (κ2) is 8.69. The zero-order chi connectivity index (χ0) is 21.0. The molecule has 6 nitrogen and oxygen atoms in total. The summed E-state index contributed by atoms with van der Waals surface area (Å²) in [4.78, 5) is 26.3. The molecule has 1 saturated heterocycles. The van der Waals surface area contributed by atoms with Crippen LogP contribution in [-0.2, 0) is 28.9 Å². The van der Waals surface area contributed by atoms with Gasteiger partial charge in [-0.05, 0) is 30.7 Å². The molecule has 156 valence electrons. The maximum atomic E-state index is 12.9. The lowest BCUT2D eigenvalue weighted by atomic mass is 10.0. The number of benzene rings is 1. The van der Waals surface area contributed by atoms with Crippen molar-refractivity contribution in [2.45, 2.75) is 38.7 Å². The minimum absolute atomic E-state index is 0.0928. The van der Waals surface area contributed by atoms with Gasteiger partial charge in [0.25, 0.3) is 0 Å². The van der Waals surface area contributed by atoms with Gasteiger partial charge in [0.05, 0.1) is 24.6 Å². The Balaban J connectivity index is 1.64. The molecule has 2 heterocycles. The van der Waals surface area contributed by atoms with Crippen LogP contribution >= 0.6 is 0 Å². The minimum Gasteiger partial charge on any atom is -0.465 e. The van der Waals surface area contributed by atoms with E-state index in [1.54, 1.807) is 30.0 Å². The van der Waals surface area contributed by atoms with Crippen molar-refractivity contribution in [2.24, 2.45) is 0 Å². The van der Waals surface area contributed by atoms with E-state index in [0.717, 1.165) is 17.9 Å². The minimum atomic E-state index is -4.43. The van der Waals surface area contributed by atoms with Gasteiger partial charge in [-0.2, -0.15) is 13.2 Å². The summed E-state index contributed by atoms with van der Waals surface area (Å²) >= 11 is 0. The van der Waals surface area contributed by atoms with E-state index < -0.39 is 17.8 Å². The summed E-state index contributed by atoms with van der Waals surface area (Å²) in [6.45, 7) is 2.96. The standard InChI is InChI=1S/C20H22F3N3O3/c1-13-5-6-16(29-13)11-25-18(27)10-17-19(28)24-7-8-26(17)12-14-3-2-4-15(9-14)20(21,22)23/h2-6,9,17H,7-8,10-12H2,1H3,(H,24,28)(H,25,27)/t17-/m0/s1. The Hall–Kier alpha value is -2.81. The van der Waals surface area contributed by atoms with Crippen LogP contribution in [0, 0.1) is 6.92 Å². The zero-order valence-corrected chi connectivity index (χ0v) is 15.9. The molecule has 2 N–H and O–H groups in total. The van der Waals surface area contributed by atoms with Gasteiger partial charge in [0.2, 0.25) is 11.8 Å². The van der Waals surface area contributed by atoms with Crippen LogP contribution in [0.1, 0.15) is 29.1 Å². The number of halogens is 3. The number of nitrogens with one attached hydrogen (secondary N) is 2. The summed E-state index contributed by atoms with van der Waals surface area (Å²) in [6, 6.07) is 7.79. The van der Waals surface area contributed by atoms with E-state index in [-0.39, 0.29) is 31.3 Å². The molecule has 3 rings (SSSR count). The molecular weight excluding hydrogens is 387 g/mol. The Morgan fingerprint density at radius 1 is 1.31 bits per heavy atom. The van der Waals surface area contributed by atoms with Crippen LogP contribution < -0.4 is 10.6 Å². The lowest BCUT2D eigenvalue weighted by Gasteiger charge is -2.34. The lowest BCUT2D eigenvalue weighted by molar-refractivity contribution is -0.137. The maximum Gasteiger partial charge on any atom is 0.416 e. The third kappa shape index (κ3) is 5.60. The van der Waals surface area contributed by atoms with Gasteiger partial charge in [0.15, 0.2) is 0 Å². The number of aryl methyl sites for hydroxylation is 1. The molecule has 1 atom stereocenters. The van der Waals surface area contributed by atoms with Crippen LogP contribution in [0.4, 0.5) is 13.2 Å². The Kier molecular flexibility index (Phi) is 6.26. The van der Waals surface area contributed by atoms with Gasteiger partial charge in [-0.1, -0.05) is 18.2 Å². The van der Waals surface area contributed by atoms with Crippen molar-refractivity contribution in [1.29, 1.82) is 0 Å². The molecule has 0 spiro atoms. The predicted octanol–water partition coefficient (Wildman–Crippen LogP) is 2.61. The van der Waals surface area contributed by atoms with E-state index in [2.05, 4.69) is 10.6 Å². The van der Waals surface area contributed by atoms with Crippen molar-refractivity contribution >= 4 is 11.8 Å². The second-order valence-corrected chi connectivity index (χ2v) is 6.97. The SMILES string of the molecule is Cc1ccc(CNC(=O)C[C@H]2C(=O)NCCN2Cc2cccc(C(F)(F)F)c2)o1. The van der Waals surface area contributed by atoms with Gasteiger partial charge in [-0.15, -0.1) is 0 Å². The van der Waals surface area contributed by atoms with Gasteiger partial charge >= 0.3 is 6.18 Å². The molecule has 1 aliphatic heterocycles. The first-order chi connectivity index (χ1) is 13.7. The molecule has 0 bridgehead atoms. The van der Waals surface area contributed by atoms with Crippen LogP contribution in [-0.4, -0.2) is 35.8 Å². The highest BCUT2D eigenvalue weighted by Gasteiger charge is 2.33. The highest BCUT2D eigenvalue weighted by atomic mass is 19.4. The summed E-state index contributed by atoms with van der Waals surface area (Å²) in [5.41, 5.74) is -0.300. The van der Waals surface area contributed by atoms with E-state index in [9.17, 15) is 22.8 Å². The fraction of sp³-hybridized carbons (Fsp3) is 0.400. The third-order valence-electron chi connectivity index (χ3n) is 4.72. The van der Waals surface area contributed by atoms with Crippen molar-refractivity contribution < 1.29 is 27.2 Å². The molecule has 2 aromatic rings. The van der Waals surface area contributed by atoms with Crippen molar-refractivity contribution in [1.82, 2.24) is 15.5 Å². The summed E-state index contributed by atoms with van der Waals surface area (Å²) < 4.78 is 44.2. The molecule has 0 radical (unpaired) electrons. The lowest BCUT2D eigenvalue weighted by Crippen LogP contribution is -2.56. The fourth-order valence-corrected chi connectivity index (χ4v) is 3.27. The number of carbonyl (C=O) groups is 2. The Labute approximate surface area is 166 Å². The summed E-state index contributed by atoms with van der Waals surface area (Å²) in [6.07, 6.45) is -4.52. The molecule has 2 amide bonds. The Bertz CT molecular complexity index is 879. The smallest absolute Gasteiger partial charge is 0.416 e. The predicted molar refractivity (Wildman–Crippen MR) is 98.6 cm³/mol. The van der Waals surface area contributed by atoms with Gasteiger partial charge in [0.1, 0.15) is 11.5 Å². The number of furan rings is 1. The highest BCUT2D eigenvalue weighted by Crippen LogP contribution is 2.30. The van der Waals surface area contributed by atoms with Crippen LogP contribution in [0.3, 0.4) is 0 Å². The average Bonchev–Trinajstić information content (AvgIpc) is 3.08. The van der Waals surface area contributed by atoms with E-state index in [4.69, 9.17) is 4.42 Å². The van der Waals surface area contributed by atoms with Gasteiger partial charge in [-0.3, -0.25) is 14.5 Å². The maximum absolute atomic E-state index is 12.9. The first-order valence-electron chi connectivity index (χ1n) is 9.22. The number of carbonyl (C=O) groups excluding carboxylic acids is 2. The van der Waals surface area contributed by atoms with Gasteiger partial charge < -0.3 is 15.1 Å². The highest BCUT2D eigenvalue weighted by molar-refractivity contribution is 5.88. The fourth-order valence-electron chi connectivity index (χ4n) is 3.27. The quantitative estimate of drug-likeness (QED) is 0.769. The Morgan fingerprint density at radius 2 is 2.10 bits per heavy atom. The molecule has 9 heteroatoms. The Morgan fingerprint density at radius 3 is 2.79 bits per heavy atom. The van der Waals surface area contributed by atoms with Crippen molar-refractivity contribution in [3.8, 4) is 0 Å². The number of hydrogen-bond acceptors (Lipinski definition) is 4. The monoisotopic (exact) mass is 409 g/mol. The van der Waals surface area contributed by atoms with Crippen LogP contribution in [0.5, 0.6) is 0 Å². The zero-order valence-electron chi connectivity index (χ0n) is 15.9. The molecular formula is C20H22F3N3O3. The second-order valence-electron chi connectivity index (χ2n) is 6.97. The van der Waals surface area contributed by atoms with Crippen molar-refractivity contribution in [3.63, 3.8) is 0 Å². The molecule has 29 heavy (non-hydrogen) atoms. The average molecular weight is 409 g/mol. The van der Waals surface area contributed by atoms with Crippen molar-refractivity contribution in [2.75, 3.05) is 13.1 Å². The van der Waals surface area contributed by atoms with Gasteiger partial charge in [-0.25, -0.2) is 0 Å². The molecule has 1 aliphatic rings. The van der Waals surface area contributed by atoms with E-state index >= 15 is 0 Å². The molecule has 0 saturated carbocycles. The molecule has 0 aliphatic carbocycles. The van der Waals surface area contributed by atoms with E-state index in [1.807, 2.05) is 0 Å². The number of piperazine rings is 1. The van der Waals surface area contributed by atoms with Crippen molar-refractivity contribution in [3.05, 3.63) is 59.0 Å². The first kappa shape index (κ1) is 20.9. The summed E-state index contributed by atoms with van der Waals surface area (Å²) in [7, 11) is 0. The largest absolute Gasteiger partial charge is 0.465 e. The number of nitrogens with zero attached hydrogens (tertiary/aromatic N) is 1.